The molecule has 0 aromatic heterocycles. The summed E-state index contributed by atoms with van der Waals surface area (Å²) in [5.74, 6) is -0.873. The van der Waals surface area contributed by atoms with E-state index in [1.807, 2.05) is 6.92 Å². The molecule has 0 spiro atoms. The number of aliphatic hydroxyl groups excluding tert-OH is 1. The predicted molar refractivity (Wildman–Crippen MR) is 94.4 cm³/mol. The summed E-state index contributed by atoms with van der Waals surface area (Å²) < 4.78 is 5.41. The Hall–Kier alpha value is -1.39. The van der Waals surface area contributed by atoms with E-state index >= 15 is 0 Å². The third kappa shape index (κ3) is 4.58. The van der Waals surface area contributed by atoms with E-state index in [-0.39, 0.29) is 5.92 Å². The molecular weight excluding hydrogens is 304 g/mol. The maximum Gasteiger partial charge on any atom is 0.334 e. The number of hydrogen-bond donors (Lipinski definition) is 2. The van der Waals surface area contributed by atoms with Gasteiger partial charge in [0.15, 0.2) is 0 Å². The molecule has 0 radical (unpaired) electrons. The Morgan fingerprint density at radius 3 is 2.62 bits per heavy atom. The molecule has 2 aliphatic rings. The summed E-state index contributed by atoms with van der Waals surface area (Å²) in [5.41, 5.74) is 1.60. The van der Waals surface area contributed by atoms with Crippen molar-refractivity contribution in [3.8, 4) is 0 Å². The van der Waals surface area contributed by atoms with Crippen LogP contribution < -0.4 is 0 Å². The zero-order valence-electron chi connectivity index (χ0n) is 15.0. The molecule has 2 bridgehead atoms. The van der Waals surface area contributed by atoms with Gasteiger partial charge in [-0.15, -0.1) is 0 Å². The van der Waals surface area contributed by atoms with Crippen LogP contribution in [-0.4, -0.2) is 34.0 Å². The monoisotopic (exact) mass is 334 g/mol. The van der Waals surface area contributed by atoms with Crippen LogP contribution in [0.25, 0.3) is 0 Å². The number of fused-ring (bicyclic) bond motifs is 2. The fourth-order valence-electron chi connectivity index (χ4n) is 3.52. The Balaban J connectivity index is 2.29. The van der Waals surface area contributed by atoms with Gasteiger partial charge in [0.25, 0.3) is 0 Å². The average molecular weight is 334 g/mol. The van der Waals surface area contributed by atoms with Gasteiger partial charge in [0.2, 0.25) is 0 Å². The Morgan fingerprint density at radius 1 is 1.25 bits per heavy atom. The first-order valence-electron chi connectivity index (χ1n) is 8.82. The lowest BCUT2D eigenvalue weighted by Gasteiger charge is -2.40. The lowest BCUT2D eigenvalue weighted by molar-refractivity contribution is -0.171. The summed E-state index contributed by atoms with van der Waals surface area (Å²) in [4.78, 5) is 12.1. The number of allylic oxidation sites excluding steroid dienone is 3. The molecule has 2 rings (SSSR count). The molecule has 2 N–H and O–H groups in total. The Labute approximate surface area is 144 Å². The number of esters is 1. The number of carbonyl (C=O) groups is 1. The van der Waals surface area contributed by atoms with Gasteiger partial charge in [-0.25, -0.2) is 4.79 Å². The lowest BCUT2D eigenvalue weighted by Crippen LogP contribution is -2.49. The molecule has 0 saturated carbocycles. The van der Waals surface area contributed by atoms with E-state index in [4.69, 9.17) is 4.74 Å². The fourth-order valence-corrected chi connectivity index (χ4v) is 3.52. The number of carbonyl (C=O) groups excluding carboxylic acids is 1. The smallest absolute Gasteiger partial charge is 0.334 e. The first-order valence-corrected chi connectivity index (χ1v) is 8.82. The molecule has 1 aliphatic heterocycles. The van der Waals surface area contributed by atoms with Gasteiger partial charge in [-0.1, -0.05) is 29.9 Å². The fraction of sp³-hybridized carbons (Fsp3) is 0.650. The van der Waals surface area contributed by atoms with Gasteiger partial charge in [-0.2, -0.15) is 0 Å². The highest BCUT2D eigenvalue weighted by molar-refractivity contribution is 5.89. The summed E-state index contributed by atoms with van der Waals surface area (Å²) in [5, 5.41) is 21.4. The number of aliphatic hydroxyl groups is 2. The first kappa shape index (κ1) is 18.9. The van der Waals surface area contributed by atoms with Crippen molar-refractivity contribution in [2.75, 3.05) is 0 Å². The second kappa shape index (κ2) is 7.66. The molecule has 4 atom stereocenters. The summed E-state index contributed by atoms with van der Waals surface area (Å²) in [6.07, 6.45) is 7.11. The normalized spacial score (nSPS) is 40.6. The lowest BCUT2D eigenvalue weighted by atomic mass is 9.78. The van der Waals surface area contributed by atoms with Gasteiger partial charge in [-0.3, -0.25) is 0 Å². The van der Waals surface area contributed by atoms with Crippen LogP contribution >= 0.6 is 0 Å². The van der Waals surface area contributed by atoms with Crippen molar-refractivity contribution in [1.82, 2.24) is 0 Å². The van der Waals surface area contributed by atoms with Crippen molar-refractivity contribution in [3.63, 3.8) is 0 Å². The van der Waals surface area contributed by atoms with E-state index in [0.29, 0.717) is 24.8 Å². The van der Waals surface area contributed by atoms with Gasteiger partial charge in [0.05, 0.1) is 11.7 Å². The van der Waals surface area contributed by atoms with Gasteiger partial charge in [-0.05, 0) is 59.3 Å². The van der Waals surface area contributed by atoms with Gasteiger partial charge >= 0.3 is 5.97 Å². The molecular formula is C20H30O4. The van der Waals surface area contributed by atoms with Crippen LogP contribution in [0.2, 0.25) is 0 Å². The van der Waals surface area contributed by atoms with Crippen LogP contribution in [0, 0.1) is 5.92 Å². The third-order valence-electron chi connectivity index (χ3n) is 5.29. The second-order valence-electron chi connectivity index (χ2n) is 7.57. The van der Waals surface area contributed by atoms with Gasteiger partial charge in [0.1, 0.15) is 6.10 Å². The van der Waals surface area contributed by atoms with E-state index in [0.717, 1.165) is 24.8 Å². The molecule has 0 aromatic carbocycles. The molecule has 1 fully saturated rings. The molecule has 24 heavy (non-hydrogen) atoms. The average Bonchev–Trinajstić information content (AvgIpc) is 2.48. The molecule has 134 valence electrons. The topological polar surface area (TPSA) is 66.8 Å². The predicted octanol–water partition coefficient (Wildman–Crippen LogP) is 3.44. The molecule has 1 aliphatic carbocycles. The van der Waals surface area contributed by atoms with Crippen LogP contribution in [0.3, 0.4) is 0 Å². The highest BCUT2D eigenvalue weighted by Crippen LogP contribution is 2.36. The highest BCUT2D eigenvalue weighted by Gasteiger charge is 2.43. The number of hydrogen-bond acceptors (Lipinski definition) is 4. The van der Waals surface area contributed by atoms with Crippen LogP contribution in [0.1, 0.15) is 59.3 Å². The van der Waals surface area contributed by atoms with Gasteiger partial charge in [0, 0.05) is 11.5 Å². The molecule has 1 heterocycles. The Kier molecular flexibility index (Phi) is 6.05. The van der Waals surface area contributed by atoms with Gasteiger partial charge < -0.3 is 14.9 Å². The van der Waals surface area contributed by atoms with E-state index in [2.05, 4.69) is 25.7 Å². The van der Waals surface area contributed by atoms with Crippen molar-refractivity contribution < 1.29 is 19.7 Å². The Bertz CT molecular complexity index is 556. The SMILES string of the molecule is C=C1C(=O)O[C@H]2C[C@@H]1[C@@H](O)C/C(C)=C\CC/C(C)=C\CC[C@@]2(C)O. The molecule has 1 saturated heterocycles. The third-order valence-corrected chi connectivity index (χ3v) is 5.29. The minimum absolute atomic E-state index is 0.310. The maximum absolute atomic E-state index is 12.1. The van der Waals surface area contributed by atoms with Crippen molar-refractivity contribution in [3.05, 3.63) is 35.5 Å². The molecule has 0 aromatic rings. The summed E-state index contributed by atoms with van der Waals surface area (Å²) in [6.45, 7) is 9.62. The van der Waals surface area contributed by atoms with E-state index in [1.54, 1.807) is 6.92 Å². The van der Waals surface area contributed by atoms with E-state index < -0.39 is 23.8 Å². The van der Waals surface area contributed by atoms with Crippen molar-refractivity contribution in [2.24, 2.45) is 5.92 Å². The van der Waals surface area contributed by atoms with Crippen LogP contribution in [-0.2, 0) is 9.53 Å². The zero-order chi connectivity index (χ0) is 17.9. The summed E-state index contributed by atoms with van der Waals surface area (Å²) in [6, 6.07) is 0. The van der Waals surface area contributed by atoms with E-state index in [9.17, 15) is 15.0 Å². The van der Waals surface area contributed by atoms with Crippen LogP contribution in [0.15, 0.2) is 35.5 Å². The van der Waals surface area contributed by atoms with Crippen LogP contribution in [0.4, 0.5) is 0 Å². The zero-order valence-corrected chi connectivity index (χ0v) is 15.0. The summed E-state index contributed by atoms with van der Waals surface area (Å²) >= 11 is 0. The minimum Gasteiger partial charge on any atom is -0.456 e. The summed E-state index contributed by atoms with van der Waals surface area (Å²) in [7, 11) is 0. The molecule has 0 unspecified atom stereocenters. The Morgan fingerprint density at radius 2 is 1.92 bits per heavy atom. The maximum atomic E-state index is 12.1. The minimum atomic E-state index is -1.11. The first-order chi connectivity index (χ1) is 11.2. The van der Waals surface area contributed by atoms with Crippen LogP contribution in [0.5, 0.6) is 0 Å². The standard InChI is InChI=1S/C20H30O4/c1-13-7-5-8-14(2)11-17(21)16-12-18(24-19(22)15(16)3)20(4,23)10-6-9-13/h8-9,16-18,21,23H,3,5-7,10-12H2,1-2,4H3/b13-9-,14-8-/t16-,17-,18-,20+/m0/s1. The molecule has 4 nitrogen and oxygen atoms in total. The van der Waals surface area contributed by atoms with Crippen molar-refractivity contribution in [1.29, 1.82) is 0 Å². The van der Waals surface area contributed by atoms with Crippen molar-refractivity contribution >= 4 is 5.97 Å². The quantitative estimate of drug-likeness (QED) is 0.404. The molecule has 4 heteroatoms. The highest BCUT2D eigenvalue weighted by atomic mass is 16.6. The van der Waals surface area contributed by atoms with E-state index in [1.165, 1.54) is 5.57 Å². The second-order valence-corrected chi connectivity index (χ2v) is 7.57. The largest absolute Gasteiger partial charge is 0.456 e. The molecule has 0 amide bonds. The number of rotatable bonds is 0. The van der Waals surface area contributed by atoms with Crippen molar-refractivity contribution in [2.45, 2.75) is 77.1 Å². The number of ether oxygens (including phenoxy) is 1.